The summed E-state index contributed by atoms with van der Waals surface area (Å²) < 4.78 is 0. The van der Waals surface area contributed by atoms with Gasteiger partial charge in [-0.05, 0) is 184 Å². The number of anilines is 3. The molecule has 4 bridgehead atoms. The van der Waals surface area contributed by atoms with Crippen molar-refractivity contribution in [2.45, 2.75) is 120 Å². The van der Waals surface area contributed by atoms with Crippen LogP contribution in [0.15, 0.2) is 127 Å². The monoisotopic (exact) mass is 769 g/mol. The van der Waals surface area contributed by atoms with Crippen LogP contribution >= 0.6 is 0 Å². The van der Waals surface area contributed by atoms with Crippen LogP contribution in [0.3, 0.4) is 0 Å². The third kappa shape index (κ3) is 5.41. The summed E-state index contributed by atoms with van der Waals surface area (Å²) in [5.74, 6) is 3.55. The summed E-state index contributed by atoms with van der Waals surface area (Å²) in [5, 5.41) is 0. The van der Waals surface area contributed by atoms with E-state index >= 15 is 0 Å². The summed E-state index contributed by atoms with van der Waals surface area (Å²) in [5.41, 5.74) is 21.1. The Labute approximate surface area is 352 Å². The molecule has 5 saturated carbocycles. The fourth-order valence-electron chi connectivity index (χ4n) is 14.4. The van der Waals surface area contributed by atoms with Crippen LogP contribution in [0, 0.1) is 17.8 Å². The molecule has 0 spiro atoms. The first-order valence-electron chi connectivity index (χ1n) is 23.2. The van der Waals surface area contributed by atoms with Gasteiger partial charge in [-0.25, -0.2) is 0 Å². The molecule has 59 heavy (non-hydrogen) atoms. The molecule has 0 aromatic heterocycles. The van der Waals surface area contributed by atoms with Gasteiger partial charge in [0.1, 0.15) is 0 Å². The van der Waals surface area contributed by atoms with Gasteiger partial charge >= 0.3 is 0 Å². The summed E-state index contributed by atoms with van der Waals surface area (Å²) in [4.78, 5) is 2.55. The normalized spacial score (nSPS) is 25.3. The Hall–Kier alpha value is -4.88. The topological polar surface area (TPSA) is 3.24 Å². The fraction of sp³-hybridized carbons (Fsp3) is 0.379. The van der Waals surface area contributed by atoms with E-state index < -0.39 is 0 Å². The number of benzene rings is 6. The highest BCUT2D eigenvalue weighted by molar-refractivity contribution is 5.97. The minimum Gasteiger partial charge on any atom is -0.310 e. The first-order valence-corrected chi connectivity index (χ1v) is 23.2. The van der Waals surface area contributed by atoms with Crippen molar-refractivity contribution in [1.82, 2.24) is 0 Å². The van der Waals surface area contributed by atoms with Crippen LogP contribution in [-0.2, 0) is 16.2 Å². The van der Waals surface area contributed by atoms with E-state index in [0.29, 0.717) is 11.3 Å². The smallest absolute Gasteiger partial charge is 0.0465 e. The Kier molecular flexibility index (Phi) is 7.97. The molecule has 0 amide bonds. The Balaban J connectivity index is 0.957. The van der Waals surface area contributed by atoms with Crippen LogP contribution in [0.2, 0.25) is 0 Å². The molecule has 5 fully saturated rings. The largest absolute Gasteiger partial charge is 0.310 e. The zero-order valence-corrected chi connectivity index (χ0v) is 35.7. The van der Waals surface area contributed by atoms with Crippen LogP contribution < -0.4 is 4.90 Å². The molecule has 0 N–H and O–H groups in total. The Morgan fingerprint density at radius 2 is 1.02 bits per heavy atom. The number of rotatable bonds is 6. The number of nitrogens with zero attached hydrogens (tertiary/aromatic N) is 1. The van der Waals surface area contributed by atoms with E-state index in [2.05, 4.69) is 160 Å². The summed E-state index contributed by atoms with van der Waals surface area (Å²) in [6.45, 7) is 9.72. The molecule has 0 unspecified atom stereocenters. The van der Waals surface area contributed by atoms with Crippen LogP contribution in [0.1, 0.15) is 138 Å². The molecular formula is C58H59N. The van der Waals surface area contributed by atoms with Gasteiger partial charge in [0.25, 0.3) is 0 Å². The highest BCUT2D eigenvalue weighted by Gasteiger charge is 2.51. The number of fused-ring (bicyclic) bond motifs is 6. The molecule has 0 atom stereocenters. The summed E-state index contributed by atoms with van der Waals surface area (Å²) >= 11 is 0. The summed E-state index contributed by atoms with van der Waals surface area (Å²) in [7, 11) is 0. The van der Waals surface area contributed by atoms with Crippen molar-refractivity contribution in [2.75, 3.05) is 4.90 Å². The maximum atomic E-state index is 2.55. The van der Waals surface area contributed by atoms with Gasteiger partial charge in [-0.2, -0.15) is 0 Å². The average Bonchev–Trinajstić information content (AvgIpc) is 3.63. The van der Waals surface area contributed by atoms with E-state index in [1.165, 1.54) is 149 Å². The molecule has 1 nitrogen and oxygen atoms in total. The maximum absolute atomic E-state index is 2.55. The minimum absolute atomic E-state index is 0.0290. The van der Waals surface area contributed by atoms with E-state index in [4.69, 9.17) is 0 Å². The summed E-state index contributed by atoms with van der Waals surface area (Å²) in [6, 6.07) is 50.3. The van der Waals surface area contributed by atoms with Crippen LogP contribution in [0.25, 0.3) is 33.4 Å². The minimum atomic E-state index is -0.188. The molecular weight excluding hydrogens is 711 g/mol. The first kappa shape index (κ1) is 36.0. The van der Waals surface area contributed by atoms with Gasteiger partial charge in [0.2, 0.25) is 0 Å². The Bertz CT molecular complexity index is 2580. The molecule has 13 rings (SSSR count). The second-order valence-electron chi connectivity index (χ2n) is 21.0. The van der Waals surface area contributed by atoms with Gasteiger partial charge in [-0.1, -0.05) is 138 Å². The van der Waals surface area contributed by atoms with Gasteiger partial charge in [0.15, 0.2) is 0 Å². The van der Waals surface area contributed by atoms with Gasteiger partial charge in [-0.3, -0.25) is 0 Å². The molecule has 0 saturated heterocycles. The van der Waals surface area contributed by atoms with Gasteiger partial charge < -0.3 is 4.90 Å². The SMILES string of the molecule is CC1(C)c2ccccc2-c2c(-c3cccc4c3C(C)(C)c3cc(N(c5ccc(C6CCCCC6)cc5)c5ccc(C67CC8CC(CC(C8)C6)C7)cc5)ccc3-4)cccc21. The van der Waals surface area contributed by atoms with Crippen LogP contribution in [0.5, 0.6) is 0 Å². The third-order valence-corrected chi connectivity index (χ3v) is 16.8. The lowest BCUT2D eigenvalue weighted by atomic mass is 9.48. The van der Waals surface area contributed by atoms with Gasteiger partial charge in [0, 0.05) is 27.9 Å². The zero-order chi connectivity index (χ0) is 39.7. The molecule has 1 heteroatoms. The standard InChI is InChI=1S/C58H59N/c1-56(2)51-18-9-8-14-50(51)54-47(15-11-19-52(54)56)49-17-10-16-48-46-29-28-45(33-53(46)57(3,4)55(48)49)59(43-24-20-41(21-25-43)40-12-6-5-7-13-40)44-26-22-42(23-27-44)58-34-37-30-38(35-58)32-39(31-37)36-58/h8-11,14-29,33,37-40H,5-7,12-13,30-32,34-36H2,1-4H3. The highest BCUT2D eigenvalue weighted by atomic mass is 15.1. The second-order valence-corrected chi connectivity index (χ2v) is 21.0. The Morgan fingerprint density at radius 1 is 0.458 bits per heavy atom. The Morgan fingerprint density at radius 3 is 1.71 bits per heavy atom. The molecule has 0 radical (unpaired) electrons. The van der Waals surface area contributed by atoms with Crippen molar-refractivity contribution in [1.29, 1.82) is 0 Å². The van der Waals surface area contributed by atoms with Crippen molar-refractivity contribution in [3.63, 3.8) is 0 Å². The lowest BCUT2D eigenvalue weighted by Gasteiger charge is -2.57. The lowest BCUT2D eigenvalue weighted by molar-refractivity contribution is -0.00518. The van der Waals surface area contributed by atoms with E-state index in [1.54, 1.807) is 5.56 Å². The van der Waals surface area contributed by atoms with E-state index in [9.17, 15) is 0 Å². The quantitative estimate of drug-likeness (QED) is 0.163. The average molecular weight is 770 g/mol. The molecule has 6 aromatic carbocycles. The molecule has 7 aliphatic carbocycles. The van der Waals surface area contributed by atoms with Crippen LogP contribution in [-0.4, -0.2) is 0 Å². The van der Waals surface area contributed by atoms with Crippen LogP contribution in [0.4, 0.5) is 17.1 Å². The van der Waals surface area contributed by atoms with Crippen molar-refractivity contribution in [2.24, 2.45) is 17.8 Å². The van der Waals surface area contributed by atoms with Crippen molar-refractivity contribution in [3.8, 4) is 33.4 Å². The molecule has 296 valence electrons. The third-order valence-electron chi connectivity index (χ3n) is 16.8. The highest BCUT2D eigenvalue weighted by Crippen LogP contribution is 2.61. The fourth-order valence-corrected chi connectivity index (χ4v) is 14.4. The molecule has 6 aromatic rings. The van der Waals surface area contributed by atoms with Crippen molar-refractivity contribution < 1.29 is 0 Å². The first-order chi connectivity index (χ1) is 28.7. The second kappa shape index (κ2) is 13.1. The van der Waals surface area contributed by atoms with Crippen molar-refractivity contribution in [3.05, 3.63) is 161 Å². The van der Waals surface area contributed by atoms with E-state index in [-0.39, 0.29) is 10.8 Å². The van der Waals surface area contributed by atoms with Gasteiger partial charge in [0.05, 0.1) is 0 Å². The predicted molar refractivity (Wildman–Crippen MR) is 247 cm³/mol. The molecule has 0 heterocycles. The summed E-state index contributed by atoms with van der Waals surface area (Å²) in [6.07, 6.45) is 15.5. The zero-order valence-electron chi connectivity index (χ0n) is 35.7. The van der Waals surface area contributed by atoms with E-state index in [1.807, 2.05) is 0 Å². The molecule has 0 aliphatic heterocycles. The maximum Gasteiger partial charge on any atom is 0.0465 e. The number of hydrogen-bond acceptors (Lipinski definition) is 1. The lowest BCUT2D eigenvalue weighted by Crippen LogP contribution is -2.48. The number of hydrogen-bond donors (Lipinski definition) is 0. The van der Waals surface area contributed by atoms with Gasteiger partial charge in [-0.15, -0.1) is 0 Å². The van der Waals surface area contributed by atoms with E-state index in [0.717, 1.165) is 17.8 Å². The predicted octanol–water partition coefficient (Wildman–Crippen LogP) is 16.0. The van der Waals surface area contributed by atoms with Crippen molar-refractivity contribution >= 4 is 17.1 Å². The molecule has 7 aliphatic rings.